The van der Waals surface area contributed by atoms with Crippen LogP contribution in [0.2, 0.25) is 0 Å². The molecule has 0 saturated carbocycles. The Morgan fingerprint density at radius 1 is 1.35 bits per heavy atom. The van der Waals surface area contributed by atoms with E-state index in [0.717, 1.165) is 16.8 Å². The van der Waals surface area contributed by atoms with Gasteiger partial charge in [-0.05, 0) is 13.0 Å². The van der Waals surface area contributed by atoms with Gasteiger partial charge in [0.15, 0.2) is 0 Å². The molecule has 3 heterocycles. The molecule has 0 aliphatic carbocycles. The maximum absolute atomic E-state index is 10.7. The highest BCUT2D eigenvalue weighted by molar-refractivity contribution is 7.10. The third-order valence-corrected chi connectivity index (χ3v) is 4.20. The lowest BCUT2D eigenvalue weighted by molar-refractivity contribution is 0.102. The highest BCUT2D eigenvalue weighted by atomic mass is 32.1. The number of aromatic nitrogens is 4. The van der Waals surface area contributed by atoms with Crippen LogP contribution in [0.5, 0.6) is 0 Å². The van der Waals surface area contributed by atoms with Gasteiger partial charge in [-0.15, -0.1) is 11.3 Å². The van der Waals surface area contributed by atoms with Crippen LogP contribution in [0.3, 0.4) is 0 Å². The summed E-state index contributed by atoms with van der Waals surface area (Å²) < 4.78 is 1.73. The topological polar surface area (TPSA) is 63.8 Å². The molecular formula is C14H14N4OS. The molecule has 0 bridgehead atoms. The van der Waals surface area contributed by atoms with Crippen molar-refractivity contribution < 1.29 is 5.11 Å². The molecule has 20 heavy (non-hydrogen) atoms. The molecule has 0 aromatic carbocycles. The summed E-state index contributed by atoms with van der Waals surface area (Å²) in [5, 5.41) is 17.4. The van der Waals surface area contributed by atoms with Gasteiger partial charge in [-0.2, -0.15) is 5.10 Å². The van der Waals surface area contributed by atoms with Crippen LogP contribution in [-0.4, -0.2) is 24.9 Å². The van der Waals surface area contributed by atoms with Gasteiger partial charge in [0.25, 0.3) is 0 Å². The van der Waals surface area contributed by atoms with Crippen LogP contribution in [0, 0.1) is 0 Å². The van der Waals surface area contributed by atoms with Crippen molar-refractivity contribution in [3.63, 3.8) is 0 Å². The first-order valence-corrected chi connectivity index (χ1v) is 7.03. The van der Waals surface area contributed by atoms with Gasteiger partial charge in [-0.3, -0.25) is 9.67 Å². The largest absolute Gasteiger partial charge is 0.378 e. The van der Waals surface area contributed by atoms with Crippen molar-refractivity contribution in [1.82, 2.24) is 19.7 Å². The Balaban J connectivity index is 1.97. The normalized spacial score (nSPS) is 14.2. The second kappa shape index (κ2) is 4.81. The van der Waals surface area contributed by atoms with Crippen molar-refractivity contribution in [2.45, 2.75) is 12.5 Å². The zero-order chi connectivity index (χ0) is 14.2. The monoisotopic (exact) mass is 286 g/mol. The SMILES string of the molecule is Cn1cc(-c2csc(C(C)(O)c3cccnc3)n2)cn1. The molecule has 5 nitrogen and oxygen atoms in total. The highest BCUT2D eigenvalue weighted by Crippen LogP contribution is 2.33. The van der Waals surface area contributed by atoms with Gasteiger partial charge in [0.05, 0.1) is 11.9 Å². The van der Waals surface area contributed by atoms with Gasteiger partial charge in [0, 0.05) is 42.1 Å². The minimum Gasteiger partial charge on any atom is -0.378 e. The fourth-order valence-corrected chi connectivity index (χ4v) is 2.87. The maximum Gasteiger partial charge on any atom is 0.140 e. The number of hydrogen-bond donors (Lipinski definition) is 1. The van der Waals surface area contributed by atoms with Gasteiger partial charge in [0.1, 0.15) is 10.6 Å². The van der Waals surface area contributed by atoms with Crippen molar-refractivity contribution in [3.05, 3.63) is 52.9 Å². The standard InChI is InChI=1S/C14H14N4OS/c1-14(19,11-4-3-5-15-7-11)13-17-12(9-20-13)10-6-16-18(2)8-10/h3-9,19H,1-2H3. The molecule has 1 N–H and O–H groups in total. The molecule has 3 aromatic rings. The highest BCUT2D eigenvalue weighted by Gasteiger charge is 2.29. The average molecular weight is 286 g/mol. The maximum atomic E-state index is 10.7. The summed E-state index contributed by atoms with van der Waals surface area (Å²) in [6.07, 6.45) is 7.00. The average Bonchev–Trinajstić information content (AvgIpc) is 3.08. The molecule has 1 unspecified atom stereocenters. The van der Waals surface area contributed by atoms with Gasteiger partial charge < -0.3 is 5.11 Å². The molecule has 6 heteroatoms. The molecule has 0 aliphatic rings. The Morgan fingerprint density at radius 2 is 2.20 bits per heavy atom. The number of nitrogens with zero attached hydrogens (tertiary/aromatic N) is 4. The van der Waals surface area contributed by atoms with Crippen LogP contribution in [0.15, 0.2) is 42.3 Å². The third-order valence-electron chi connectivity index (χ3n) is 3.14. The van der Waals surface area contributed by atoms with Crippen molar-refractivity contribution >= 4 is 11.3 Å². The number of hydrogen-bond acceptors (Lipinski definition) is 5. The molecule has 1 atom stereocenters. The quantitative estimate of drug-likeness (QED) is 0.801. The summed E-state index contributed by atoms with van der Waals surface area (Å²) in [4.78, 5) is 8.58. The molecule has 0 radical (unpaired) electrons. The van der Waals surface area contributed by atoms with Crippen molar-refractivity contribution in [2.75, 3.05) is 0 Å². The smallest absolute Gasteiger partial charge is 0.140 e. The van der Waals surface area contributed by atoms with E-state index in [4.69, 9.17) is 0 Å². The molecule has 0 fully saturated rings. The minimum absolute atomic E-state index is 0.643. The summed E-state index contributed by atoms with van der Waals surface area (Å²) in [7, 11) is 1.86. The zero-order valence-electron chi connectivity index (χ0n) is 11.2. The first-order chi connectivity index (χ1) is 9.57. The summed E-state index contributed by atoms with van der Waals surface area (Å²) in [5.74, 6) is 0. The van der Waals surface area contributed by atoms with Gasteiger partial charge in [0.2, 0.25) is 0 Å². The summed E-state index contributed by atoms with van der Waals surface area (Å²) in [6.45, 7) is 1.73. The van der Waals surface area contributed by atoms with E-state index in [9.17, 15) is 5.11 Å². The van der Waals surface area contributed by atoms with E-state index in [2.05, 4.69) is 15.1 Å². The number of aliphatic hydroxyl groups is 1. The molecule has 0 saturated heterocycles. The second-order valence-electron chi connectivity index (χ2n) is 4.75. The fourth-order valence-electron chi connectivity index (χ4n) is 1.96. The number of rotatable bonds is 3. The number of thiazole rings is 1. The number of pyridine rings is 1. The van der Waals surface area contributed by atoms with E-state index in [0.29, 0.717) is 5.01 Å². The van der Waals surface area contributed by atoms with E-state index in [1.165, 1.54) is 11.3 Å². The first kappa shape index (κ1) is 13.0. The molecule has 102 valence electrons. The molecule has 3 aromatic heterocycles. The van der Waals surface area contributed by atoms with E-state index >= 15 is 0 Å². The summed E-state index contributed by atoms with van der Waals surface area (Å²) in [6, 6.07) is 3.65. The Kier molecular flexibility index (Phi) is 3.11. The molecule has 0 aliphatic heterocycles. The Bertz CT molecular complexity index is 718. The Labute approximate surface area is 120 Å². The van der Waals surface area contributed by atoms with Crippen LogP contribution in [0.25, 0.3) is 11.3 Å². The van der Waals surface area contributed by atoms with E-state index < -0.39 is 5.60 Å². The van der Waals surface area contributed by atoms with E-state index in [1.54, 1.807) is 36.3 Å². The number of aryl methyl sites for hydroxylation is 1. The predicted octanol–water partition coefficient (Wildman–Crippen LogP) is 2.19. The predicted molar refractivity (Wildman–Crippen MR) is 77.2 cm³/mol. The van der Waals surface area contributed by atoms with Crippen LogP contribution in [0.4, 0.5) is 0 Å². The zero-order valence-corrected chi connectivity index (χ0v) is 12.0. The third kappa shape index (κ3) is 2.23. The van der Waals surface area contributed by atoms with Gasteiger partial charge >= 0.3 is 0 Å². The van der Waals surface area contributed by atoms with Crippen LogP contribution in [-0.2, 0) is 12.6 Å². The molecule has 0 spiro atoms. The lowest BCUT2D eigenvalue weighted by atomic mass is 9.99. The fraction of sp³-hybridized carbons (Fsp3) is 0.214. The summed E-state index contributed by atoms with van der Waals surface area (Å²) in [5.41, 5.74) is 1.35. The molecule has 0 amide bonds. The van der Waals surface area contributed by atoms with Gasteiger partial charge in [-0.1, -0.05) is 6.07 Å². The lowest BCUT2D eigenvalue weighted by Gasteiger charge is -2.20. The summed E-state index contributed by atoms with van der Waals surface area (Å²) >= 11 is 1.43. The van der Waals surface area contributed by atoms with Crippen molar-refractivity contribution in [3.8, 4) is 11.3 Å². The lowest BCUT2D eigenvalue weighted by Crippen LogP contribution is -2.22. The van der Waals surface area contributed by atoms with Crippen LogP contribution >= 0.6 is 11.3 Å². The molecular weight excluding hydrogens is 272 g/mol. The Hall–Kier alpha value is -2.05. The van der Waals surface area contributed by atoms with Gasteiger partial charge in [-0.25, -0.2) is 4.98 Å². The van der Waals surface area contributed by atoms with Crippen molar-refractivity contribution in [1.29, 1.82) is 0 Å². The van der Waals surface area contributed by atoms with Crippen LogP contribution < -0.4 is 0 Å². The van der Waals surface area contributed by atoms with E-state index in [1.807, 2.05) is 24.7 Å². The van der Waals surface area contributed by atoms with E-state index in [-0.39, 0.29) is 0 Å². The van der Waals surface area contributed by atoms with Crippen LogP contribution in [0.1, 0.15) is 17.5 Å². The second-order valence-corrected chi connectivity index (χ2v) is 5.61. The van der Waals surface area contributed by atoms with Crippen molar-refractivity contribution in [2.24, 2.45) is 7.05 Å². The first-order valence-electron chi connectivity index (χ1n) is 6.15. The molecule has 3 rings (SSSR count). The minimum atomic E-state index is -1.14. The Morgan fingerprint density at radius 3 is 2.85 bits per heavy atom.